The summed E-state index contributed by atoms with van der Waals surface area (Å²) >= 11 is 8.04. The molecule has 0 bridgehead atoms. The van der Waals surface area contributed by atoms with Crippen LogP contribution in [0, 0.1) is 0 Å². The number of thiophene rings is 1. The van der Waals surface area contributed by atoms with E-state index in [0.717, 1.165) is 17.9 Å². The molecule has 4 heteroatoms. The van der Waals surface area contributed by atoms with Crippen LogP contribution in [-0.4, -0.2) is 7.11 Å². The number of ether oxygens (including phenoxy) is 1. The smallest absolute Gasteiger partial charge is 0.121 e. The van der Waals surface area contributed by atoms with Crippen LogP contribution in [0.5, 0.6) is 5.75 Å². The standard InChI is InChI=1S/C15H18ClNOS/c1-4-12-6-8-15(19-12)10(2)17-14-9-11(18-3)5-7-13(14)16/h5-10,17H,4H2,1-3H3. The Morgan fingerprint density at radius 3 is 2.74 bits per heavy atom. The predicted octanol–water partition coefficient (Wildman–Crippen LogP) is 5.15. The van der Waals surface area contributed by atoms with Crippen molar-refractivity contribution in [1.29, 1.82) is 0 Å². The monoisotopic (exact) mass is 295 g/mol. The molecule has 2 nitrogen and oxygen atoms in total. The van der Waals surface area contributed by atoms with E-state index < -0.39 is 0 Å². The Labute approximate surface area is 123 Å². The number of halogens is 1. The van der Waals surface area contributed by atoms with Crippen LogP contribution >= 0.6 is 22.9 Å². The first-order chi connectivity index (χ1) is 9.13. The van der Waals surface area contributed by atoms with Crippen LogP contribution in [0.2, 0.25) is 5.02 Å². The highest BCUT2D eigenvalue weighted by Gasteiger charge is 2.10. The Balaban J connectivity index is 2.15. The normalized spacial score (nSPS) is 12.2. The SMILES string of the molecule is CCc1ccc(C(C)Nc2cc(OC)ccc2Cl)s1. The topological polar surface area (TPSA) is 21.3 Å². The van der Waals surface area contributed by atoms with Crippen molar-refractivity contribution in [2.24, 2.45) is 0 Å². The average molecular weight is 296 g/mol. The molecular formula is C15H18ClNOS. The summed E-state index contributed by atoms with van der Waals surface area (Å²) in [7, 11) is 1.66. The van der Waals surface area contributed by atoms with Gasteiger partial charge in [-0.3, -0.25) is 0 Å². The van der Waals surface area contributed by atoms with E-state index in [1.165, 1.54) is 9.75 Å². The van der Waals surface area contributed by atoms with Gasteiger partial charge in [0.15, 0.2) is 0 Å². The Hall–Kier alpha value is -1.19. The Morgan fingerprint density at radius 2 is 2.11 bits per heavy atom. The third kappa shape index (κ3) is 3.43. The molecule has 2 rings (SSSR count). The van der Waals surface area contributed by atoms with Crippen LogP contribution in [0.1, 0.15) is 29.6 Å². The maximum Gasteiger partial charge on any atom is 0.121 e. The number of nitrogens with one attached hydrogen (secondary N) is 1. The molecule has 1 unspecified atom stereocenters. The summed E-state index contributed by atoms with van der Waals surface area (Å²) in [5, 5.41) is 4.15. The van der Waals surface area contributed by atoms with Crippen molar-refractivity contribution in [2.75, 3.05) is 12.4 Å². The van der Waals surface area contributed by atoms with Crippen molar-refractivity contribution in [2.45, 2.75) is 26.3 Å². The van der Waals surface area contributed by atoms with Crippen LogP contribution in [0.3, 0.4) is 0 Å². The minimum Gasteiger partial charge on any atom is -0.497 e. The molecule has 1 aromatic carbocycles. The highest BCUT2D eigenvalue weighted by Crippen LogP contribution is 2.32. The molecule has 0 fully saturated rings. The maximum atomic E-state index is 6.20. The molecule has 0 saturated carbocycles. The molecule has 0 radical (unpaired) electrons. The lowest BCUT2D eigenvalue weighted by Crippen LogP contribution is -2.05. The number of rotatable bonds is 5. The molecule has 0 amide bonds. The third-order valence-electron chi connectivity index (χ3n) is 3.00. The molecule has 2 aromatic rings. The molecular weight excluding hydrogens is 278 g/mol. The second-order valence-electron chi connectivity index (χ2n) is 4.37. The molecule has 1 atom stereocenters. The van der Waals surface area contributed by atoms with Crippen LogP contribution in [0.25, 0.3) is 0 Å². The Kier molecular flexibility index (Phi) is 4.72. The molecule has 0 aliphatic rings. The largest absolute Gasteiger partial charge is 0.497 e. The van der Waals surface area contributed by atoms with Crippen molar-refractivity contribution in [3.05, 3.63) is 45.1 Å². The first-order valence-corrected chi connectivity index (χ1v) is 7.52. The van der Waals surface area contributed by atoms with E-state index in [4.69, 9.17) is 16.3 Å². The zero-order valence-electron chi connectivity index (χ0n) is 11.4. The average Bonchev–Trinajstić information content (AvgIpc) is 2.90. The lowest BCUT2D eigenvalue weighted by molar-refractivity contribution is 0.415. The van der Waals surface area contributed by atoms with Gasteiger partial charge in [-0.2, -0.15) is 0 Å². The zero-order chi connectivity index (χ0) is 13.8. The molecule has 0 saturated heterocycles. The second kappa shape index (κ2) is 6.31. The van der Waals surface area contributed by atoms with Gasteiger partial charge in [0.1, 0.15) is 5.75 Å². The van der Waals surface area contributed by atoms with E-state index in [1.807, 2.05) is 29.5 Å². The summed E-state index contributed by atoms with van der Waals surface area (Å²) in [6, 6.07) is 10.2. The van der Waals surface area contributed by atoms with E-state index in [2.05, 4.69) is 31.3 Å². The summed E-state index contributed by atoms with van der Waals surface area (Å²) in [6.45, 7) is 4.31. The number of benzene rings is 1. The van der Waals surface area contributed by atoms with Gasteiger partial charge in [0.2, 0.25) is 0 Å². The molecule has 0 aliphatic heterocycles. The summed E-state index contributed by atoms with van der Waals surface area (Å²) in [5.74, 6) is 0.805. The van der Waals surface area contributed by atoms with Crippen LogP contribution in [0.15, 0.2) is 30.3 Å². The first kappa shape index (κ1) is 14.2. The lowest BCUT2D eigenvalue weighted by Gasteiger charge is -2.15. The van der Waals surface area contributed by atoms with Gasteiger partial charge in [0, 0.05) is 15.8 Å². The fourth-order valence-electron chi connectivity index (χ4n) is 1.86. The van der Waals surface area contributed by atoms with Gasteiger partial charge in [-0.1, -0.05) is 18.5 Å². The van der Waals surface area contributed by atoms with Crippen molar-refractivity contribution < 1.29 is 4.74 Å². The molecule has 1 N–H and O–H groups in total. The van der Waals surface area contributed by atoms with Crippen molar-refractivity contribution in [3.63, 3.8) is 0 Å². The van der Waals surface area contributed by atoms with Gasteiger partial charge >= 0.3 is 0 Å². The maximum absolute atomic E-state index is 6.20. The van der Waals surface area contributed by atoms with E-state index in [1.54, 1.807) is 7.11 Å². The number of anilines is 1. The molecule has 1 heterocycles. The summed E-state index contributed by atoms with van der Waals surface area (Å²) < 4.78 is 5.22. The van der Waals surface area contributed by atoms with Gasteiger partial charge in [-0.05, 0) is 37.6 Å². The molecule has 19 heavy (non-hydrogen) atoms. The highest BCUT2D eigenvalue weighted by molar-refractivity contribution is 7.12. The van der Waals surface area contributed by atoms with Gasteiger partial charge in [-0.25, -0.2) is 0 Å². The zero-order valence-corrected chi connectivity index (χ0v) is 12.9. The van der Waals surface area contributed by atoms with Crippen molar-refractivity contribution in [3.8, 4) is 5.75 Å². The van der Waals surface area contributed by atoms with Gasteiger partial charge in [-0.15, -0.1) is 11.3 Å². The second-order valence-corrected chi connectivity index (χ2v) is 5.98. The molecule has 102 valence electrons. The number of methoxy groups -OCH3 is 1. The Bertz CT molecular complexity index is 553. The first-order valence-electron chi connectivity index (χ1n) is 6.32. The third-order valence-corrected chi connectivity index (χ3v) is 4.75. The fourth-order valence-corrected chi connectivity index (χ4v) is 2.99. The summed E-state index contributed by atoms with van der Waals surface area (Å²) in [4.78, 5) is 2.72. The summed E-state index contributed by atoms with van der Waals surface area (Å²) in [5.41, 5.74) is 0.903. The lowest BCUT2D eigenvalue weighted by atomic mass is 10.2. The van der Waals surface area contributed by atoms with Crippen molar-refractivity contribution >= 4 is 28.6 Å². The van der Waals surface area contributed by atoms with Gasteiger partial charge in [0.05, 0.1) is 23.9 Å². The molecule has 0 spiro atoms. The minimum absolute atomic E-state index is 0.231. The Morgan fingerprint density at radius 1 is 1.32 bits per heavy atom. The quantitative estimate of drug-likeness (QED) is 0.824. The van der Waals surface area contributed by atoms with Crippen molar-refractivity contribution in [1.82, 2.24) is 0 Å². The van der Waals surface area contributed by atoms with Crippen LogP contribution < -0.4 is 10.1 Å². The number of aryl methyl sites for hydroxylation is 1. The van der Waals surface area contributed by atoms with E-state index >= 15 is 0 Å². The highest BCUT2D eigenvalue weighted by atomic mass is 35.5. The minimum atomic E-state index is 0.231. The van der Waals surface area contributed by atoms with E-state index in [-0.39, 0.29) is 6.04 Å². The molecule has 0 aliphatic carbocycles. The van der Waals surface area contributed by atoms with E-state index in [9.17, 15) is 0 Å². The van der Waals surface area contributed by atoms with Crippen LogP contribution in [-0.2, 0) is 6.42 Å². The van der Waals surface area contributed by atoms with Gasteiger partial charge < -0.3 is 10.1 Å². The predicted molar refractivity (Wildman–Crippen MR) is 83.7 cm³/mol. The number of hydrogen-bond donors (Lipinski definition) is 1. The fraction of sp³-hybridized carbons (Fsp3) is 0.333. The van der Waals surface area contributed by atoms with Gasteiger partial charge in [0.25, 0.3) is 0 Å². The molecule has 1 aromatic heterocycles. The van der Waals surface area contributed by atoms with E-state index in [0.29, 0.717) is 5.02 Å². The summed E-state index contributed by atoms with van der Waals surface area (Å²) in [6.07, 6.45) is 1.08. The number of hydrogen-bond acceptors (Lipinski definition) is 3. The van der Waals surface area contributed by atoms with Crippen LogP contribution in [0.4, 0.5) is 5.69 Å².